The number of halogens is 1. The third-order valence-electron chi connectivity index (χ3n) is 3.34. The Morgan fingerprint density at radius 1 is 1.30 bits per heavy atom. The van der Waals surface area contributed by atoms with Gasteiger partial charge in [-0.05, 0) is 30.7 Å². The van der Waals surface area contributed by atoms with Gasteiger partial charge in [0.2, 0.25) is 0 Å². The van der Waals surface area contributed by atoms with E-state index >= 15 is 0 Å². The Balaban J connectivity index is 2.25. The van der Waals surface area contributed by atoms with Crippen LogP contribution < -0.4 is 5.73 Å². The summed E-state index contributed by atoms with van der Waals surface area (Å²) in [6.45, 7) is 2.80. The third-order valence-corrected chi connectivity index (χ3v) is 4.79. The van der Waals surface area contributed by atoms with Crippen LogP contribution in [0.3, 0.4) is 0 Å². The van der Waals surface area contributed by atoms with E-state index in [0.717, 1.165) is 22.8 Å². The van der Waals surface area contributed by atoms with Gasteiger partial charge in [0.05, 0.1) is 11.9 Å². The second kappa shape index (κ2) is 5.56. The van der Waals surface area contributed by atoms with Crippen molar-refractivity contribution in [2.24, 2.45) is 5.73 Å². The van der Waals surface area contributed by atoms with Gasteiger partial charge < -0.3 is 5.73 Å². The Bertz CT molecular complexity index is 727. The predicted molar refractivity (Wildman–Crippen MR) is 85.7 cm³/mol. The lowest BCUT2D eigenvalue weighted by atomic mass is 10.1. The fourth-order valence-electron chi connectivity index (χ4n) is 2.42. The molecule has 0 bridgehead atoms. The number of nitrogens with zero attached hydrogens (tertiary/aromatic N) is 2. The molecule has 20 heavy (non-hydrogen) atoms. The van der Waals surface area contributed by atoms with E-state index < -0.39 is 0 Å². The summed E-state index contributed by atoms with van der Waals surface area (Å²) in [5.74, 6) is 0. The molecule has 0 unspecified atom stereocenters. The number of hydrogen-bond donors (Lipinski definition) is 1. The first-order chi connectivity index (χ1) is 9.74. The number of hydrogen-bond acceptors (Lipinski definition) is 3. The summed E-state index contributed by atoms with van der Waals surface area (Å²) in [5.41, 5.74) is 9.28. The van der Waals surface area contributed by atoms with Crippen molar-refractivity contribution in [3.63, 3.8) is 0 Å². The molecule has 0 aliphatic heterocycles. The van der Waals surface area contributed by atoms with E-state index in [1.807, 2.05) is 18.3 Å². The predicted octanol–water partition coefficient (Wildman–Crippen LogP) is 3.78. The lowest BCUT2D eigenvalue weighted by Gasteiger charge is -2.06. The Hall–Kier alpha value is -1.36. The van der Waals surface area contributed by atoms with Gasteiger partial charge in [0.25, 0.3) is 0 Å². The summed E-state index contributed by atoms with van der Waals surface area (Å²) in [4.78, 5) is 6.89. The second-order valence-electron chi connectivity index (χ2n) is 4.64. The van der Waals surface area contributed by atoms with Gasteiger partial charge in [-0.25, -0.2) is 4.98 Å². The quantitative estimate of drug-likeness (QED) is 0.797. The average Bonchev–Trinajstić information content (AvgIpc) is 3.00. The monoisotopic (exact) mass is 305 g/mol. The topological polar surface area (TPSA) is 43.3 Å². The molecule has 2 N–H and O–H groups in total. The van der Waals surface area contributed by atoms with Crippen molar-refractivity contribution in [1.82, 2.24) is 9.38 Å². The van der Waals surface area contributed by atoms with Crippen LogP contribution in [-0.4, -0.2) is 15.9 Å². The molecule has 0 amide bonds. The summed E-state index contributed by atoms with van der Waals surface area (Å²) < 4.78 is 2.24. The molecule has 0 saturated heterocycles. The van der Waals surface area contributed by atoms with Crippen molar-refractivity contribution in [2.75, 3.05) is 6.54 Å². The number of nitrogens with two attached hydrogens (primary N) is 1. The van der Waals surface area contributed by atoms with E-state index in [2.05, 4.69) is 28.4 Å². The van der Waals surface area contributed by atoms with E-state index in [0.29, 0.717) is 6.54 Å². The lowest BCUT2D eigenvalue weighted by Crippen LogP contribution is -2.05. The van der Waals surface area contributed by atoms with Gasteiger partial charge in [0.1, 0.15) is 0 Å². The molecule has 0 fully saturated rings. The van der Waals surface area contributed by atoms with Crippen molar-refractivity contribution < 1.29 is 0 Å². The summed E-state index contributed by atoms with van der Waals surface area (Å²) in [6.07, 6.45) is 3.76. The van der Waals surface area contributed by atoms with Gasteiger partial charge in [-0.1, -0.05) is 30.7 Å². The highest BCUT2D eigenvalue weighted by atomic mass is 35.5. The number of aryl methyl sites for hydroxylation is 1. The van der Waals surface area contributed by atoms with E-state index in [9.17, 15) is 0 Å². The molecule has 0 aliphatic carbocycles. The van der Waals surface area contributed by atoms with E-state index in [4.69, 9.17) is 17.3 Å². The van der Waals surface area contributed by atoms with Crippen molar-refractivity contribution in [3.8, 4) is 11.3 Å². The van der Waals surface area contributed by atoms with Crippen molar-refractivity contribution in [3.05, 3.63) is 46.1 Å². The first kappa shape index (κ1) is 13.6. The van der Waals surface area contributed by atoms with Gasteiger partial charge in [0, 0.05) is 22.0 Å². The number of fused-ring (bicyclic) bond motifs is 1. The van der Waals surface area contributed by atoms with E-state index in [1.54, 1.807) is 11.3 Å². The van der Waals surface area contributed by atoms with Crippen molar-refractivity contribution in [2.45, 2.75) is 19.8 Å². The van der Waals surface area contributed by atoms with Crippen LogP contribution in [0.4, 0.5) is 0 Å². The first-order valence-electron chi connectivity index (χ1n) is 6.68. The van der Waals surface area contributed by atoms with Gasteiger partial charge in [-0.3, -0.25) is 4.40 Å². The minimum absolute atomic E-state index is 0.630. The Labute approximate surface area is 127 Å². The number of rotatable bonds is 4. The normalized spacial score (nSPS) is 11.3. The molecular weight excluding hydrogens is 290 g/mol. The number of thiazole rings is 1. The Morgan fingerprint density at radius 3 is 2.70 bits per heavy atom. The van der Waals surface area contributed by atoms with Gasteiger partial charge >= 0.3 is 0 Å². The SMILES string of the molecule is CCc1sc2ncc(CCN)n2c1-c1ccc(Cl)cc1. The Morgan fingerprint density at radius 2 is 2.05 bits per heavy atom. The van der Waals surface area contributed by atoms with Gasteiger partial charge in [-0.2, -0.15) is 0 Å². The summed E-state index contributed by atoms with van der Waals surface area (Å²) in [6, 6.07) is 7.99. The molecule has 3 nitrogen and oxygen atoms in total. The minimum Gasteiger partial charge on any atom is -0.330 e. The van der Waals surface area contributed by atoms with Crippen LogP contribution in [0, 0.1) is 0 Å². The number of benzene rings is 1. The van der Waals surface area contributed by atoms with Crippen LogP contribution in [0.15, 0.2) is 30.5 Å². The molecule has 1 aromatic carbocycles. The fraction of sp³-hybridized carbons (Fsp3) is 0.267. The highest BCUT2D eigenvalue weighted by Crippen LogP contribution is 2.33. The van der Waals surface area contributed by atoms with Crippen molar-refractivity contribution in [1.29, 1.82) is 0 Å². The van der Waals surface area contributed by atoms with Crippen LogP contribution in [0.25, 0.3) is 16.2 Å². The number of imidazole rings is 1. The zero-order valence-electron chi connectivity index (χ0n) is 11.3. The maximum atomic E-state index is 5.99. The summed E-state index contributed by atoms with van der Waals surface area (Å²) in [5, 5.41) is 0.756. The zero-order valence-corrected chi connectivity index (χ0v) is 12.8. The molecule has 0 atom stereocenters. The molecule has 104 valence electrons. The molecule has 2 aromatic heterocycles. The molecule has 0 spiro atoms. The maximum Gasteiger partial charge on any atom is 0.194 e. The van der Waals surface area contributed by atoms with Gasteiger partial charge in [-0.15, -0.1) is 11.3 Å². The lowest BCUT2D eigenvalue weighted by molar-refractivity contribution is 0.909. The first-order valence-corrected chi connectivity index (χ1v) is 7.88. The third kappa shape index (κ3) is 2.24. The second-order valence-corrected chi connectivity index (χ2v) is 6.14. The van der Waals surface area contributed by atoms with Crippen molar-refractivity contribution >= 4 is 27.9 Å². The molecular formula is C15H16ClN3S. The van der Waals surface area contributed by atoms with Crippen LogP contribution in [0.1, 0.15) is 17.5 Å². The minimum atomic E-state index is 0.630. The molecule has 5 heteroatoms. The number of aromatic nitrogens is 2. The summed E-state index contributed by atoms with van der Waals surface area (Å²) in [7, 11) is 0. The molecule has 3 aromatic rings. The van der Waals surface area contributed by atoms with Crippen LogP contribution in [0.5, 0.6) is 0 Å². The maximum absolute atomic E-state index is 5.99. The molecule has 0 radical (unpaired) electrons. The molecule has 0 saturated carbocycles. The van der Waals surface area contributed by atoms with Crippen LogP contribution >= 0.6 is 22.9 Å². The van der Waals surface area contributed by atoms with E-state index in [1.165, 1.54) is 21.8 Å². The zero-order chi connectivity index (χ0) is 14.1. The average molecular weight is 306 g/mol. The van der Waals surface area contributed by atoms with Crippen LogP contribution in [0.2, 0.25) is 5.02 Å². The standard InChI is InChI=1S/C15H16ClN3S/c1-2-13-14(10-3-5-11(16)6-4-10)19-12(7-8-17)9-18-15(19)20-13/h3-6,9H,2,7-8,17H2,1H3. The fourth-order valence-corrected chi connectivity index (χ4v) is 3.63. The highest BCUT2D eigenvalue weighted by molar-refractivity contribution is 7.17. The van der Waals surface area contributed by atoms with Crippen LogP contribution in [-0.2, 0) is 12.8 Å². The molecule has 2 heterocycles. The highest BCUT2D eigenvalue weighted by Gasteiger charge is 2.16. The Kier molecular flexibility index (Phi) is 3.78. The molecule has 0 aliphatic rings. The summed E-state index contributed by atoms with van der Waals surface area (Å²) >= 11 is 7.74. The largest absolute Gasteiger partial charge is 0.330 e. The smallest absolute Gasteiger partial charge is 0.194 e. The van der Waals surface area contributed by atoms with E-state index in [-0.39, 0.29) is 0 Å². The molecule has 3 rings (SSSR count). The van der Waals surface area contributed by atoms with Gasteiger partial charge in [0.15, 0.2) is 4.96 Å².